The maximum atomic E-state index is 13.2. The minimum Gasteiger partial charge on any atom is -0.450 e. The predicted molar refractivity (Wildman–Crippen MR) is 86.0 cm³/mol. The molecule has 3 aromatic rings. The van der Waals surface area contributed by atoms with Gasteiger partial charge < -0.3 is 4.74 Å². The monoisotopic (exact) mass is 313 g/mol. The fourth-order valence-electron chi connectivity index (χ4n) is 2.34. The number of halogens is 1. The molecular formula is C17H16FN3O2. The summed E-state index contributed by atoms with van der Waals surface area (Å²) in [7, 11) is 0. The topological polar surface area (TPSA) is 55.6 Å². The van der Waals surface area contributed by atoms with E-state index in [1.807, 2.05) is 25.3 Å². The number of ether oxygens (including phenoxy) is 1. The standard InChI is InChI=1S/C17H16FN3O2/c1-3-23-17(22)20-16-15(12-5-7-13(18)8-6-12)19-14-9-4-11(2)10-21(14)16/h4-10H,3H2,1-2H3,(H,20,22). The van der Waals surface area contributed by atoms with Gasteiger partial charge in [-0.1, -0.05) is 6.07 Å². The second kappa shape index (κ2) is 6.08. The normalized spacial score (nSPS) is 10.7. The zero-order chi connectivity index (χ0) is 16.4. The summed E-state index contributed by atoms with van der Waals surface area (Å²) in [6, 6.07) is 9.77. The van der Waals surface area contributed by atoms with E-state index in [1.165, 1.54) is 12.1 Å². The van der Waals surface area contributed by atoms with Crippen LogP contribution in [0.2, 0.25) is 0 Å². The van der Waals surface area contributed by atoms with E-state index in [-0.39, 0.29) is 12.4 Å². The molecule has 0 fully saturated rings. The Morgan fingerprint density at radius 2 is 2.00 bits per heavy atom. The van der Waals surface area contributed by atoms with E-state index in [9.17, 15) is 9.18 Å². The first-order valence-electron chi connectivity index (χ1n) is 7.27. The van der Waals surface area contributed by atoms with Crippen LogP contribution in [0.3, 0.4) is 0 Å². The van der Waals surface area contributed by atoms with Gasteiger partial charge in [-0.15, -0.1) is 0 Å². The number of pyridine rings is 1. The van der Waals surface area contributed by atoms with Gasteiger partial charge in [0.15, 0.2) is 0 Å². The number of benzene rings is 1. The molecule has 1 N–H and O–H groups in total. The molecule has 118 valence electrons. The summed E-state index contributed by atoms with van der Waals surface area (Å²) < 4.78 is 19.9. The van der Waals surface area contributed by atoms with Crippen molar-refractivity contribution in [2.24, 2.45) is 0 Å². The van der Waals surface area contributed by atoms with Crippen LogP contribution in [-0.4, -0.2) is 22.1 Å². The summed E-state index contributed by atoms with van der Waals surface area (Å²) in [5.74, 6) is 0.169. The van der Waals surface area contributed by atoms with E-state index < -0.39 is 6.09 Å². The summed E-state index contributed by atoms with van der Waals surface area (Å²) in [4.78, 5) is 16.4. The Hall–Kier alpha value is -2.89. The highest BCUT2D eigenvalue weighted by Crippen LogP contribution is 2.29. The van der Waals surface area contributed by atoms with Crippen LogP contribution in [0.15, 0.2) is 42.6 Å². The first-order chi connectivity index (χ1) is 11.1. The van der Waals surface area contributed by atoms with Crippen LogP contribution in [0.5, 0.6) is 0 Å². The molecular weight excluding hydrogens is 297 g/mol. The Kier molecular flexibility index (Phi) is 3.97. The Balaban J connectivity index is 2.15. The number of carbonyl (C=O) groups excluding carboxylic acids is 1. The highest BCUT2D eigenvalue weighted by atomic mass is 19.1. The van der Waals surface area contributed by atoms with Gasteiger partial charge in [-0.25, -0.2) is 14.2 Å². The molecule has 0 aliphatic carbocycles. The van der Waals surface area contributed by atoms with Crippen LogP contribution >= 0.6 is 0 Å². The number of hydrogen-bond donors (Lipinski definition) is 1. The number of imidazole rings is 1. The minimum absolute atomic E-state index is 0.271. The number of nitrogens with one attached hydrogen (secondary N) is 1. The van der Waals surface area contributed by atoms with Crippen molar-refractivity contribution in [3.8, 4) is 11.3 Å². The van der Waals surface area contributed by atoms with E-state index in [1.54, 1.807) is 23.5 Å². The number of amides is 1. The number of rotatable bonds is 3. The smallest absolute Gasteiger partial charge is 0.412 e. The molecule has 6 heteroatoms. The van der Waals surface area contributed by atoms with Crippen LogP contribution in [0.1, 0.15) is 12.5 Å². The summed E-state index contributed by atoms with van der Waals surface area (Å²) in [6.07, 6.45) is 1.32. The molecule has 0 saturated carbocycles. The first kappa shape index (κ1) is 15.0. The molecule has 0 aliphatic rings. The molecule has 2 aromatic heterocycles. The van der Waals surface area contributed by atoms with Crippen LogP contribution < -0.4 is 5.32 Å². The number of aromatic nitrogens is 2. The van der Waals surface area contributed by atoms with Crippen molar-refractivity contribution in [3.05, 3.63) is 54.0 Å². The number of anilines is 1. The molecule has 0 atom stereocenters. The van der Waals surface area contributed by atoms with Gasteiger partial charge in [0.2, 0.25) is 0 Å². The third kappa shape index (κ3) is 3.01. The van der Waals surface area contributed by atoms with E-state index in [0.29, 0.717) is 22.7 Å². The highest BCUT2D eigenvalue weighted by molar-refractivity contribution is 5.90. The molecule has 5 nitrogen and oxygen atoms in total. The molecule has 0 aliphatic heterocycles. The van der Waals surface area contributed by atoms with Gasteiger partial charge in [-0.05, 0) is 49.7 Å². The average Bonchev–Trinajstić information content (AvgIpc) is 2.86. The zero-order valence-electron chi connectivity index (χ0n) is 12.8. The first-order valence-corrected chi connectivity index (χ1v) is 7.27. The molecule has 0 spiro atoms. The zero-order valence-corrected chi connectivity index (χ0v) is 12.8. The Bertz CT molecular complexity index is 856. The van der Waals surface area contributed by atoms with Crippen LogP contribution in [0.4, 0.5) is 15.0 Å². The number of carbonyl (C=O) groups is 1. The van der Waals surface area contributed by atoms with E-state index in [2.05, 4.69) is 10.3 Å². The Morgan fingerprint density at radius 1 is 1.26 bits per heavy atom. The fourth-order valence-corrected chi connectivity index (χ4v) is 2.34. The van der Waals surface area contributed by atoms with Crippen molar-refractivity contribution in [2.75, 3.05) is 11.9 Å². The molecule has 0 unspecified atom stereocenters. The number of hydrogen-bond acceptors (Lipinski definition) is 3. The van der Waals surface area contributed by atoms with Crippen molar-refractivity contribution >= 4 is 17.6 Å². The van der Waals surface area contributed by atoms with Gasteiger partial charge >= 0.3 is 6.09 Å². The van der Waals surface area contributed by atoms with E-state index in [4.69, 9.17) is 4.74 Å². The van der Waals surface area contributed by atoms with Gasteiger partial charge in [-0.3, -0.25) is 9.72 Å². The maximum absolute atomic E-state index is 13.2. The fraction of sp³-hybridized carbons (Fsp3) is 0.176. The molecule has 0 bridgehead atoms. The van der Waals surface area contributed by atoms with Crippen molar-refractivity contribution < 1.29 is 13.9 Å². The van der Waals surface area contributed by atoms with E-state index >= 15 is 0 Å². The van der Waals surface area contributed by atoms with Gasteiger partial charge in [0, 0.05) is 11.8 Å². The molecule has 1 aromatic carbocycles. The molecule has 0 saturated heterocycles. The number of fused-ring (bicyclic) bond motifs is 1. The quantitative estimate of drug-likeness (QED) is 0.794. The second-order valence-electron chi connectivity index (χ2n) is 5.10. The molecule has 1 amide bonds. The Morgan fingerprint density at radius 3 is 2.70 bits per heavy atom. The lowest BCUT2D eigenvalue weighted by Gasteiger charge is -2.08. The van der Waals surface area contributed by atoms with Crippen LogP contribution in [0, 0.1) is 12.7 Å². The maximum Gasteiger partial charge on any atom is 0.412 e. The Labute approximate surface area is 132 Å². The minimum atomic E-state index is -0.556. The lowest BCUT2D eigenvalue weighted by Crippen LogP contribution is -2.15. The van der Waals surface area contributed by atoms with Crippen LogP contribution in [0.25, 0.3) is 16.9 Å². The summed E-state index contributed by atoms with van der Waals surface area (Å²) in [5.41, 5.74) is 2.97. The molecule has 3 rings (SSSR count). The largest absolute Gasteiger partial charge is 0.450 e. The molecule has 0 radical (unpaired) electrons. The summed E-state index contributed by atoms with van der Waals surface area (Å²) in [6.45, 7) is 3.96. The third-order valence-corrected chi connectivity index (χ3v) is 3.38. The third-order valence-electron chi connectivity index (χ3n) is 3.38. The number of aryl methyl sites for hydroxylation is 1. The lowest BCUT2D eigenvalue weighted by atomic mass is 10.1. The van der Waals surface area contributed by atoms with Crippen LogP contribution in [-0.2, 0) is 4.74 Å². The predicted octanol–water partition coefficient (Wildman–Crippen LogP) is 4.02. The summed E-state index contributed by atoms with van der Waals surface area (Å²) >= 11 is 0. The summed E-state index contributed by atoms with van der Waals surface area (Å²) in [5, 5.41) is 2.72. The van der Waals surface area contributed by atoms with Gasteiger partial charge in [0.25, 0.3) is 0 Å². The highest BCUT2D eigenvalue weighted by Gasteiger charge is 2.17. The molecule has 23 heavy (non-hydrogen) atoms. The van der Waals surface area contributed by atoms with Crippen molar-refractivity contribution in [1.29, 1.82) is 0 Å². The van der Waals surface area contributed by atoms with Gasteiger partial charge in [-0.2, -0.15) is 0 Å². The van der Waals surface area contributed by atoms with Crippen molar-refractivity contribution in [3.63, 3.8) is 0 Å². The number of nitrogens with zero attached hydrogens (tertiary/aromatic N) is 2. The van der Waals surface area contributed by atoms with Crippen molar-refractivity contribution in [2.45, 2.75) is 13.8 Å². The van der Waals surface area contributed by atoms with Crippen molar-refractivity contribution in [1.82, 2.24) is 9.38 Å². The average molecular weight is 313 g/mol. The van der Waals surface area contributed by atoms with Gasteiger partial charge in [0.05, 0.1) is 6.61 Å². The van der Waals surface area contributed by atoms with E-state index in [0.717, 1.165) is 5.56 Å². The van der Waals surface area contributed by atoms with Gasteiger partial charge in [0.1, 0.15) is 23.0 Å². The lowest BCUT2D eigenvalue weighted by molar-refractivity contribution is 0.168. The SMILES string of the molecule is CCOC(=O)Nc1c(-c2ccc(F)cc2)nc2ccc(C)cn12. The second-order valence-corrected chi connectivity index (χ2v) is 5.10. The molecule has 2 heterocycles.